The van der Waals surface area contributed by atoms with Crippen molar-refractivity contribution in [3.05, 3.63) is 50.6 Å². The van der Waals surface area contributed by atoms with Crippen molar-refractivity contribution in [1.29, 1.82) is 0 Å². The van der Waals surface area contributed by atoms with Crippen LogP contribution < -0.4 is 16.0 Å². The minimum absolute atomic E-state index is 0. The number of amides is 3. The summed E-state index contributed by atoms with van der Waals surface area (Å²) in [4.78, 5) is 49.5. The topological polar surface area (TPSA) is 119 Å². The number of aromatic amines is 1. The summed E-state index contributed by atoms with van der Waals surface area (Å²) in [5, 5.41) is 10.6. The Labute approximate surface area is 223 Å². The van der Waals surface area contributed by atoms with Gasteiger partial charge in [-0.1, -0.05) is 11.6 Å². The van der Waals surface area contributed by atoms with E-state index in [1.54, 1.807) is 25.2 Å². The fraction of sp³-hybridized carbons (Fsp3) is 0.417. The van der Waals surface area contributed by atoms with Crippen molar-refractivity contribution in [3.63, 3.8) is 0 Å². The molecule has 3 atom stereocenters. The maximum Gasteiger partial charge on any atom is 0.280 e. The Kier molecular flexibility index (Phi) is 7.89. The molecule has 0 spiro atoms. The van der Waals surface area contributed by atoms with Crippen molar-refractivity contribution in [2.75, 3.05) is 20.6 Å². The van der Waals surface area contributed by atoms with Gasteiger partial charge in [0.2, 0.25) is 5.91 Å². The zero-order valence-corrected chi connectivity index (χ0v) is 22.3. The fourth-order valence-corrected chi connectivity index (χ4v) is 6.17. The van der Waals surface area contributed by atoms with Crippen molar-refractivity contribution >= 4 is 64.0 Å². The highest BCUT2D eigenvalue weighted by atomic mass is 35.5. The van der Waals surface area contributed by atoms with Gasteiger partial charge in [-0.2, -0.15) is 0 Å². The second-order valence-corrected chi connectivity index (χ2v) is 10.8. The molecule has 3 unspecified atom stereocenters. The summed E-state index contributed by atoms with van der Waals surface area (Å²) in [5.74, 6) is -0.981. The number of nitrogens with zero attached hydrogens (tertiary/aromatic N) is 2. The Morgan fingerprint density at radius 1 is 1.14 bits per heavy atom. The zero-order valence-electron chi connectivity index (χ0n) is 19.9. The SMILES string of the molecule is CNC(=O)C1CC(NC(=O)c2cc3cc(Cl)ccc3[nH]2)C(NC(=O)c2nc3c(s2)CN(C)CC3)C1.Cl. The maximum atomic E-state index is 13.1. The molecule has 3 aromatic rings. The van der Waals surface area contributed by atoms with Crippen LogP contribution in [0.25, 0.3) is 10.9 Å². The fourth-order valence-electron chi connectivity index (χ4n) is 4.90. The quantitative estimate of drug-likeness (QED) is 0.389. The van der Waals surface area contributed by atoms with E-state index in [-0.39, 0.29) is 36.0 Å². The predicted molar refractivity (Wildman–Crippen MR) is 142 cm³/mol. The number of nitrogens with one attached hydrogen (secondary N) is 4. The molecule has 2 aliphatic rings. The molecule has 12 heteroatoms. The number of carbonyl (C=O) groups is 3. The molecule has 1 aliphatic heterocycles. The van der Waals surface area contributed by atoms with Gasteiger partial charge in [-0.15, -0.1) is 23.7 Å². The number of halogens is 2. The van der Waals surface area contributed by atoms with E-state index in [1.807, 2.05) is 6.07 Å². The highest BCUT2D eigenvalue weighted by Crippen LogP contribution is 2.29. The van der Waals surface area contributed by atoms with Crippen LogP contribution in [0.1, 0.15) is 43.7 Å². The molecule has 1 fully saturated rings. The summed E-state index contributed by atoms with van der Waals surface area (Å²) in [6.45, 7) is 1.71. The minimum Gasteiger partial charge on any atom is -0.359 e. The third-order valence-electron chi connectivity index (χ3n) is 6.76. The molecule has 1 aromatic carbocycles. The Balaban J connectivity index is 0.00000304. The van der Waals surface area contributed by atoms with Gasteiger partial charge in [0.25, 0.3) is 11.8 Å². The molecular formula is C24H28Cl2N6O3S. The Hall–Kier alpha value is -2.66. The average molecular weight is 552 g/mol. The summed E-state index contributed by atoms with van der Waals surface area (Å²) in [6.07, 6.45) is 1.69. The lowest BCUT2D eigenvalue weighted by Crippen LogP contribution is -2.48. The van der Waals surface area contributed by atoms with E-state index in [4.69, 9.17) is 11.6 Å². The first-order valence-corrected chi connectivity index (χ1v) is 12.8. The first kappa shape index (κ1) is 26.4. The molecule has 4 N–H and O–H groups in total. The van der Waals surface area contributed by atoms with E-state index in [0.29, 0.717) is 28.6 Å². The normalized spacial score (nSPS) is 21.5. The molecule has 2 aromatic heterocycles. The van der Waals surface area contributed by atoms with E-state index in [0.717, 1.165) is 41.0 Å². The van der Waals surface area contributed by atoms with E-state index >= 15 is 0 Å². The van der Waals surface area contributed by atoms with Gasteiger partial charge in [0.1, 0.15) is 5.69 Å². The number of hydrogen-bond acceptors (Lipinski definition) is 6. The zero-order chi connectivity index (χ0) is 24.7. The van der Waals surface area contributed by atoms with Crippen molar-refractivity contribution in [2.24, 2.45) is 5.92 Å². The molecule has 0 bridgehead atoms. The van der Waals surface area contributed by atoms with Crippen LogP contribution in [0.2, 0.25) is 5.02 Å². The molecule has 0 radical (unpaired) electrons. The number of carbonyl (C=O) groups excluding carboxylic acids is 3. The highest BCUT2D eigenvalue weighted by Gasteiger charge is 2.40. The Morgan fingerprint density at radius 3 is 2.58 bits per heavy atom. The number of benzene rings is 1. The smallest absolute Gasteiger partial charge is 0.280 e. The Bertz CT molecular complexity index is 1310. The van der Waals surface area contributed by atoms with Crippen LogP contribution in [0.4, 0.5) is 0 Å². The molecule has 3 amide bonds. The van der Waals surface area contributed by atoms with Gasteiger partial charge in [0.15, 0.2) is 5.01 Å². The summed E-state index contributed by atoms with van der Waals surface area (Å²) < 4.78 is 0. The van der Waals surface area contributed by atoms with Gasteiger partial charge < -0.3 is 25.8 Å². The second kappa shape index (κ2) is 10.8. The van der Waals surface area contributed by atoms with Crippen LogP contribution in [0, 0.1) is 5.92 Å². The third kappa shape index (κ3) is 5.36. The van der Waals surface area contributed by atoms with Crippen LogP contribution in [-0.4, -0.2) is 65.3 Å². The Morgan fingerprint density at radius 2 is 1.86 bits per heavy atom. The average Bonchev–Trinajstić information content (AvgIpc) is 3.54. The van der Waals surface area contributed by atoms with Crippen molar-refractivity contribution < 1.29 is 14.4 Å². The first-order chi connectivity index (χ1) is 16.8. The molecule has 5 rings (SSSR count). The maximum absolute atomic E-state index is 13.1. The lowest BCUT2D eigenvalue weighted by atomic mass is 10.1. The van der Waals surface area contributed by atoms with Crippen LogP contribution in [0.5, 0.6) is 0 Å². The van der Waals surface area contributed by atoms with Crippen molar-refractivity contribution in [3.8, 4) is 0 Å². The number of H-pyrrole nitrogens is 1. The van der Waals surface area contributed by atoms with Crippen LogP contribution >= 0.6 is 35.3 Å². The van der Waals surface area contributed by atoms with Gasteiger partial charge in [-0.25, -0.2) is 4.98 Å². The highest BCUT2D eigenvalue weighted by molar-refractivity contribution is 7.13. The van der Waals surface area contributed by atoms with Gasteiger partial charge >= 0.3 is 0 Å². The van der Waals surface area contributed by atoms with Gasteiger partial charge in [0.05, 0.1) is 17.8 Å². The number of rotatable bonds is 5. The molecule has 9 nitrogen and oxygen atoms in total. The molecule has 1 saturated carbocycles. The second-order valence-electron chi connectivity index (χ2n) is 9.23. The van der Waals surface area contributed by atoms with E-state index in [2.05, 4.69) is 37.9 Å². The summed E-state index contributed by atoms with van der Waals surface area (Å²) >= 11 is 7.47. The van der Waals surface area contributed by atoms with E-state index in [9.17, 15) is 14.4 Å². The van der Waals surface area contributed by atoms with Crippen molar-refractivity contribution in [1.82, 2.24) is 30.8 Å². The summed E-state index contributed by atoms with van der Waals surface area (Å²) in [6, 6.07) is 6.32. The molecule has 0 saturated heterocycles. The summed E-state index contributed by atoms with van der Waals surface area (Å²) in [7, 11) is 3.64. The molecule has 3 heterocycles. The largest absolute Gasteiger partial charge is 0.359 e. The number of fused-ring (bicyclic) bond motifs is 2. The lowest BCUT2D eigenvalue weighted by Gasteiger charge is -2.21. The van der Waals surface area contributed by atoms with Gasteiger partial charge in [0, 0.05) is 53.3 Å². The molecule has 36 heavy (non-hydrogen) atoms. The first-order valence-electron chi connectivity index (χ1n) is 11.6. The minimum atomic E-state index is -0.399. The van der Waals surface area contributed by atoms with Crippen LogP contribution in [-0.2, 0) is 17.8 Å². The molecule has 192 valence electrons. The van der Waals surface area contributed by atoms with E-state index < -0.39 is 12.1 Å². The predicted octanol–water partition coefficient (Wildman–Crippen LogP) is 2.74. The monoisotopic (exact) mass is 550 g/mol. The summed E-state index contributed by atoms with van der Waals surface area (Å²) in [5.41, 5.74) is 2.18. The molecular weight excluding hydrogens is 523 g/mol. The lowest BCUT2D eigenvalue weighted by molar-refractivity contribution is -0.124. The molecule has 1 aliphatic carbocycles. The number of aromatic nitrogens is 2. The standard InChI is InChI=1S/C24H27ClN6O3S.ClH/c1-26-21(32)13-9-17(28-22(33)19-8-12-7-14(25)3-4-15(12)27-19)18(10-13)29-23(34)24-30-16-5-6-31(2)11-20(16)35-24;/h3-4,7-8,13,17-18,27H,5-6,9-11H2,1-2H3,(H,26,32)(H,28,33)(H,29,34);1H. The third-order valence-corrected chi connectivity index (χ3v) is 8.07. The number of likely N-dealkylation sites (N-methyl/N-ethyl adjacent to an activating group) is 1. The van der Waals surface area contributed by atoms with E-state index in [1.165, 1.54) is 11.3 Å². The van der Waals surface area contributed by atoms with Crippen LogP contribution in [0.3, 0.4) is 0 Å². The van der Waals surface area contributed by atoms with Gasteiger partial charge in [-0.05, 0) is 44.2 Å². The van der Waals surface area contributed by atoms with Gasteiger partial charge in [-0.3, -0.25) is 14.4 Å². The number of hydrogen-bond donors (Lipinski definition) is 4. The number of thiazole rings is 1. The van der Waals surface area contributed by atoms with Crippen LogP contribution in [0.15, 0.2) is 24.3 Å². The van der Waals surface area contributed by atoms with Crippen molar-refractivity contribution in [2.45, 2.75) is 37.9 Å².